The number of ether oxygens (including phenoxy) is 1. The SMILES string of the molecule is CCCC(C)CCOC(CC)CC. The predicted octanol–water partition coefficient (Wildman–Crippen LogP) is 4.02. The average Bonchev–Trinajstić information content (AvgIpc) is 2.13. The van der Waals surface area contributed by atoms with Gasteiger partial charge in [0.15, 0.2) is 0 Å². The van der Waals surface area contributed by atoms with E-state index in [0.29, 0.717) is 6.10 Å². The first kappa shape index (κ1) is 13.0. The minimum atomic E-state index is 0.494. The Bertz CT molecular complexity index is 97.3. The van der Waals surface area contributed by atoms with Crippen molar-refractivity contribution >= 4 is 0 Å². The zero-order valence-corrected chi connectivity index (χ0v) is 9.81. The normalized spacial score (nSPS) is 13.6. The van der Waals surface area contributed by atoms with Crippen LogP contribution in [0.5, 0.6) is 0 Å². The fourth-order valence-corrected chi connectivity index (χ4v) is 1.60. The molecule has 0 aromatic heterocycles. The Hall–Kier alpha value is -0.0400. The molecule has 0 saturated heterocycles. The van der Waals surface area contributed by atoms with Crippen LogP contribution < -0.4 is 0 Å². The highest BCUT2D eigenvalue weighted by Crippen LogP contribution is 2.11. The molecule has 0 bridgehead atoms. The summed E-state index contributed by atoms with van der Waals surface area (Å²) in [6, 6.07) is 0. The smallest absolute Gasteiger partial charge is 0.0569 e. The van der Waals surface area contributed by atoms with Crippen LogP contribution in [0.1, 0.15) is 59.8 Å². The van der Waals surface area contributed by atoms with Crippen LogP contribution in [0.15, 0.2) is 0 Å². The average molecular weight is 186 g/mol. The Morgan fingerprint density at radius 1 is 1.00 bits per heavy atom. The molecule has 0 spiro atoms. The third kappa shape index (κ3) is 7.06. The van der Waals surface area contributed by atoms with E-state index in [0.717, 1.165) is 25.4 Å². The summed E-state index contributed by atoms with van der Waals surface area (Å²) in [7, 11) is 0. The van der Waals surface area contributed by atoms with E-state index >= 15 is 0 Å². The van der Waals surface area contributed by atoms with Gasteiger partial charge in [-0.3, -0.25) is 0 Å². The molecule has 1 nitrogen and oxygen atoms in total. The number of hydrogen-bond donors (Lipinski definition) is 0. The van der Waals surface area contributed by atoms with Gasteiger partial charge in [-0.05, 0) is 25.2 Å². The van der Waals surface area contributed by atoms with Crippen LogP contribution in [0.25, 0.3) is 0 Å². The van der Waals surface area contributed by atoms with Crippen molar-refractivity contribution in [2.75, 3.05) is 6.61 Å². The molecule has 0 amide bonds. The van der Waals surface area contributed by atoms with Crippen LogP contribution in [0.2, 0.25) is 0 Å². The summed E-state index contributed by atoms with van der Waals surface area (Å²) >= 11 is 0. The Kier molecular flexibility index (Phi) is 8.53. The van der Waals surface area contributed by atoms with E-state index in [9.17, 15) is 0 Å². The van der Waals surface area contributed by atoms with Crippen molar-refractivity contribution in [2.45, 2.75) is 65.9 Å². The van der Waals surface area contributed by atoms with Crippen molar-refractivity contribution < 1.29 is 4.74 Å². The fourth-order valence-electron chi connectivity index (χ4n) is 1.60. The summed E-state index contributed by atoms with van der Waals surface area (Å²) in [5.41, 5.74) is 0. The lowest BCUT2D eigenvalue weighted by Crippen LogP contribution is -2.12. The van der Waals surface area contributed by atoms with Crippen molar-refractivity contribution in [2.24, 2.45) is 5.92 Å². The van der Waals surface area contributed by atoms with Crippen LogP contribution in [-0.2, 0) is 4.74 Å². The number of hydrogen-bond acceptors (Lipinski definition) is 1. The summed E-state index contributed by atoms with van der Waals surface area (Å²) in [5, 5.41) is 0. The molecular weight excluding hydrogens is 160 g/mol. The maximum atomic E-state index is 5.76. The molecular formula is C12H26O. The molecule has 0 heterocycles. The Morgan fingerprint density at radius 3 is 2.08 bits per heavy atom. The van der Waals surface area contributed by atoms with Crippen molar-refractivity contribution in [3.63, 3.8) is 0 Å². The minimum absolute atomic E-state index is 0.494. The molecule has 0 aliphatic rings. The highest BCUT2D eigenvalue weighted by molar-refractivity contribution is 4.54. The van der Waals surface area contributed by atoms with Crippen molar-refractivity contribution in [1.82, 2.24) is 0 Å². The second-order valence-electron chi connectivity index (χ2n) is 3.99. The zero-order valence-electron chi connectivity index (χ0n) is 9.81. The van der Waals surface area contributed by atoms with Crippen LogP contribution in [-0.4, -0.2) is 12.7 Å². The van der Waals surface area contributed by atoms with Crippen LogP contribution in [0.4, 0.5) is 0 Å². The lowest BCUT2D eigenvalue weighted by molar-refractivity contribution is 0.0403. The van der Waals surface area contributed by atoms with Crippen molar-refractivity contribution in [3.05, 3.63) is 0 Å². The largest absolute Gasteiger partial charge is 0.378 e. The highest BCUT2D eigenvalue weighted by atomic mass is 16.5. The first-order chi connectivity index (χ1) is 6.24. The second kappa shape index (κ2) is 8.55. The van der Waals surface area contributed by atoms with E-state index < -0.39 is 0 Å². The molecule has 0 aromatic rings. The zero-order chi connectivity index (χ0) is 10.1. The molecule has 0 N–H and O–H groups in total. The Labute approximate surface area is 83.9 Å². The van der Waals surface area contributed by atoms with Gasteiger partial charge >= 0.3 is 0 Å². The molecule has 0 rings (SSSR count). The van der Waals surface area contributed by atoms with Gasteiger partial charge in [0.05, 0.1) is 6.10 Å². The van der Waals surface area contributed by atoms with E-state index in [2.05, 4.69) is 27.7 Å². The van der Waals surface area contributed by atoms with Crippen LogP contribution >= 0.6 is 0 Å². The van der Waals surface area contributed by atoms with Crippen molar-refractivity contribution in [1.29, 1.82) is 0 Å². The fraction of sp³-hybridized carbons (Fsp3) is 1.00. The van der Waals surface area contributed by atoms with Crippen molar-refractivity contribution in [3.8, 4) is 0 Å². The standard InChI is InChI=1S/C12H26O/c1-5-8-11(4)9-10-13-12(6-2)7-3/h11-12H,5-10H2,1-4H3. The monoisotopic (exact) mass is 186 g/mol. The molecule has 0 aliphatic heterocycles. The van der Waals surface area contributed by atoms with Gasteiger partial charge in [0.25, 0.3) is 0 Å². The summed E-state index contributed by atoms with van der Waals surface area (Å²) < 4.78 is 5.76. The van der Waals surface area contributed by atoms with E-state index in [1.54, 1.807) is 0 Å². The molecule has 0 aromatic carbocycles. The lowest BCUT2D eigenvalue weighted by atomic mass is 10.0. The van der Waals surface area contributed by atoms with Gasteiger partial charge in [0.1, 0.15) is 0 Å². The Morgan fingerprint density at radius 2 is 1.62 bits per heavy atom. The van der Waals surface area contributed by atoms with E-state index in [1.165, 1.54) is 19.3 Å². The third-order valence-electron chi connectivity index (χ3n) is 2.66. The first-order valence-corrected chi connectivity index (χ1v) is 5.86. The quantitative estimate of drug-likeness (QED) is 0.556. The van der Waals surface area contributed by atoms with Gasteiger partial charge in [0.2, 0.25) is 0 Å². The van der Waals surface area contributed by atoms with Crippen LogP contribution in [0, 0.1) is 5.92 Å². The molecule has 0 aliphatic carbocycles. The van der Waals surface area contributed by atoms with E-state index in [-0.39, 0.29) is 0 Å². The van der Waals surface area contributed by atoms with Crippen LogP contribution in [0.3, 0.4) is 0 Å². The first-order valence-electron chi connectivity index (χ1n) is 5.86. The molecule has 0 fully saturated rings. The minimum Gasteiger partial charge on any atom is -0.378 e. The maximum Gasteiger partial charge on any atom is 0.0569 e. The third-order valence-corrected chi connectivity index (χ3v) is 2.66. The van der Waals surface area contributed by atoms with Gasteiger partial charge in [-0.15, -0.1) is 0 Å². The van der Waals surface area contributed by atoms with Gasteiger partial charge in [-0.25, -0.2) is 0 Å². The van der Waals surface area contributed by atoms with Gasteiger partial charge in [0, 0.05) is 6.61 Å². The molecule has 1 atom stereocenters. The highest BCUT2D eigenvalue weighted by Gasteiger charge is 2.05. The van der Waals surface area contributed by atoms with Gasteiger partial charge < -0.3 is 4.74 Å². The van der Waals surface area contributed by atoms with Gasteiger partial charge in [-0.2, -0.15) is 0 Å². The van der Waals surface area contributed by atoms with E-state index in [1.807, 2.05) is 0 Å². The summed E-state index contributed by atoms with van der Waals surface area (Å²) in [6.45, 7) is 9.92. The molecule has 0 radical (unpaired) electrons. The second-order valence-corrected chi connectivity index (χ2v) is 3.99. The lowest BCUT2D eigenvalue weighted by Gasteiger charge is -2.15. The molecule has 1 heteroatoms. The van der Waals surface area contributed by atoms with E-state index in [4.69, 9.17) is 4.74 Å². The summed E-state index contributed by atoms with van der Waals surface area (Å²) in [4.78, 5) is 0. The Balaban J connectivity index is 3.32. The maximum absolute atomic E-state index is 5.76. The predicted molar refractivity (Wildman–Crippen MR) is 59.0 cm³/mol. The number of rotatable bonds is 8. The molecule has 80 valence electrons. The molecule has 0 saturated carbocycles. The summed E-state index contributed by atoms with van der Waals surface area (Å²) in [6.07, 6.45) is 6.66. The molecule has 1 unspecified atom stereocenters. The topological polar surface area (TPSA) is 9.23 Å². The van der Waals surface area contributed by atoms with Gasteiger partial charge in [-0.1, -0.05) is 40.5 Å². The molecule has 13 heavy (non-hydrogen) atoms. The summed E-state index contributed by atoms with van der Waals surface area (Å²) in [5.74, 6) is 0.833.